The monoisotopic (exact) mass is 411 g/mol. The highest BCUT2D eigenvalue weighted by Gasteiger charge is 2.40. The Morgan fingerprint density at radius 3 is 2.43 bits per heavy atom. The van der Waals surface area contributed by atoms with Gasteiger partial charge in [0.25, 0.3) is 5.91 Å². The number of fused-ring (bicyclic) bond motifs is 1. The highest BCUT2D eigenvalue weighted by Crippen LogP contribution is 2.36. The Balaban J connectivity index is 2.02. The predicted molar refractivity (Wildman–Crippen MR) is 120 cm³/mol. The second-order valence-corrected chi connectivity index (χ2v) is 8.45. The van der Waals surface area contributed by atoms with E-state index in [0.29, 0.717) is 0 Å². The molecule has 5 heteroatoms. The van der Waals surface area contributed by atoms with Crippen LogP contribution in [0.2, 0.25) is 0 Å². The minimum absolute atomic E-state index is 0.00390. The van der Waals surface area contributed by atoms with E-state index in [2.05, 4.69) is 38.2 Å². The molecule has 2 aromatic carbocycles. The third kappa shape index (κ3) is 4.31. The second-order valence-electron chi connectivity index (χ2n) is 8.45. The Hall–Kier alpha value is -2.53. The molecule has 0 saturated carbocycles. The number of rotatable bonds is 7. The molecule has 3 atom stereocenters. The molecular weight excluding hydrogens is 376 g/mol. The summed E-state index contributed by atoms with van der Waals surface area (Å²) in [5.41, 5.74) is 4.27. The average Bonchev–Trinajstić information content (AvgIpc) is 2.75. The molecule has 0 fully saturated rings. The zero-order valence-electron chi connectivity index (χ0n) is 19.0. The third-order valence-electron chi connectivity index (χ3n) is 6.35. The van der Waals surface area contributed by atoms with Crippen molar-refractivity contribution in [2.24, 2.45) is 5.92 Å². The lowest BCUT2D eigenvalue weighted by Crippen LogP contribution is -3.14. The molecule has 0 aromatic heterocycles. The first-order valence-electron chi connectivity index (χ1n) is 10.9. The Labute approximate surface area is 180 Å². The van der Waals surface area contributed by atoms with Crippen LogP contribution in [-0.2, 0) is 6.42 Å². The average molecular weight is 412 g/mol. The highest BCUT2D eigenvalue weighted by atomic mass is 16.5. The minimum atomic E-state index is -0.00477. The molecule has 1 aliphatic heterocycles. The molecule has 0 aliphatic carbocycles. The van der Waals surface area contributed by atoms with E-state index in [9.17, 15) is 4.79 Å². The Morgan fingerprint density at radius 2 is 1.83 bits per heavy atom. The van der Waals surface area contributed by atoms with Crippen LogP contribution < -0.4 is 19.7 Å². The number of hydrogen-bond donors (Lipinski definition) is 2. The van der Waals surface area contributed by atoms with Crippen molar-refractivity contribution in [2.75, 3.05) is 27.3 Å². The van der Waals surface area contributed by atoms with E-state index in [-0.39, 0.29) is 23.9 Å². The van der Waals surface area contributed by atoms with Crippen molar-refractivity contribution in [1.82, 2.24) is 5.32 Å². The quantitative estimate of drug-likeness (QED) is 0.737. The van der Waals surface area contributed by atoms with Crippen LogP contribution in [0.1, 0.15) is 53.9 Å². The molecule has 3 rings (SSSR count). The van der Waals surface area contributed by atoms with E-state index in [1.807, 2.05) is 31.2 Å². The van der Waals surface area contributed by atoms with Gasteiger partial charge in [0.2, 0.25) is 0 Å². The van der Waals surface area contributed by atoms with Crippen molar-refractivity contribution in [3.05, 3.63) is 58.7 Å². The van der Waals surface area contributed by atoms with Crippen molar-refractivity contribution < 1.29 is 19.2 Å². The van der Waals surface area contributed by atoms with Crippen LogP contribution in [0.4, 0.5) is 0 Å². The van der Waals surface area contributed by atoms with Crippen LogP contribution in [0, 0.1) is 12.8 Å². The first-order valence-corrected chi connectivity index (χ1v) is 10.9. The van der Waals surface area contributed by atoms with Gasteiger partial charge < -0.3 is 19.7 Å². The van der Waals surface area contributed by atoms with E-state index in [0.717, 1.165) is 42.1 Å². The molecule has 30 heavy (non-hydrogen) atoms. The second kappa shape index (κ2) is 9.52. The number of aryl methyl sites for hydroxylation is 1. The van der Waals surface area contributed by atoms with Gasteiger partial charge in [-0.15, -0.1) is 0 Å². The summed E-state index contributed by atoms with van der Waals surface area (Å²) in [7, 11) is 3.35. The number of carbonyl (C=O) groups excluding carboxylic acids is 1. The zero-order chi connectivity index (χ0) is 21.8. The fourth-order valence-corrected chi connectivity index (χ4v) is 4.65. The van der Waals surface area contributed by atoms with Crippen molar-refractivity contribution in [2.45, 2.75) is 46.2 Å². The number of benzene rings is 2. The van der Waals surface area contributed by atoms with Crippen molar-refractivity contribution in [3.8, 4) is 11.5 Å². The number of nitrogens with one attached hydrogen (secondary N) is 2. The van der Waals surface area contributed by atoms with Gasteiger partial charge in [-0.05, 0) is 49.1 Å². The molecule has 5 nitrogen and oxygen atoms in total. The van der Waals surface area contributed by atoms with Crippen molar-refractivity contribution in [1.29, 1.82) is 0 Å². The summed E-state index contributed by atoms with van der Waals surface area (Å²) in [6.45, 7) is 10.6. The molecule has 1 heterocycles. The van der Waals surface area contributed by atoms with Gasteiger partial charge in [-0.25, -0.2) is 0 Å². The molecule has 1 amide bonds. The molecule has 2 aromatic rings. The topological polar surface area (TPSA) is 52.0 Å². The summed E-state index contributed by atoms with van der Waals surface area (Å²) in [6, 6.07) is 12.1. The maximum absolute atomic E-state index is 13.2. The van der Waals surface area contributed by atoms with E-state index in [1.54, 1.807) is 14.2 Å². The van der Waals surface area contributed by atoms with Crippen molar-refractivity contribution in [3.63, 3.8) is 0 Å². The first-order chi connectivity index (χ1) is 14.4. The number of amides is 1. The molecular formula is C25H35N2O3+. The fourth-order valence-electron chi connectivity index (χ4n) is 4.65. The number of hydrogen-bond acceptors (Lipinski definition) is 3. The van der Waals surface area contributed by atoms with Crippen LogP contribution in [0.25, 0.3) is 0 Å². The maximum Gasteiger partial charge on any atom is 0.252 e. The largest absolute Gasteiger partial charge is 0.493 e. The summed E-state index contributed by atoms with van der Waals surface area (Å²) in [5.74, 6) is 1.78. The summed E-state index contributed by atoms with van der Waals surface area (Å²) in [4.78, 5) is 14.7. The summed E-state index contributed by atoms with van der Waals surface area (Å²) in [5, 5.41) is 3.38. The van der Waals surface area contributed by atoms with Gasteiger partial charge in [0.1, 0.15) is 6.04 Å². The fraction of sp³-hybridized carbons (Fsp3) is 0.480. The third-order valence-corrected chi connectivity index (χ3v) is 6.35. The standard InChI is InChI=1S/C25H34N2O3/c1-7-27-13-12-18-14-21(29-5)22(30-6)15-20(18)24(27)23(16(2)3)26-25(28)19-11-9-8-10-17(19)4/h8-11,14-16,23-24H,7,12-13H2,1-6H3,(H,26,28)/p+1/t23-,24-/m1/s1. The van der Waals surface area contributed by atoms with Crippen LogP contribution >= 0.6 is 0 Å². The van der Waals surface area contributed by atoms with Crippen LogP contribution in [0.5, 0.6) is 11.5 Å². The van der Waals surface area contributed by atoms with Gasteiger partial charge in [-0.3, -0.25) is 4.79 Å². The molecule has 0 radical (unpaired) electrons. The van der Waals surface area contributed by atoms with Gasteiger partial charge in [0.05, 0.1) is 33.4 Å². The molecule has 2 N–H and O–H groups in total. The molecule has 0 saturated heterocycles. The van der Waals surface area contributed by atoms with Crippen LogP contribution in [0.15, 0.2) is 36.4 Å². The number of carbonyl (C=O) groups is 1. The first kappa shape index (κ1) is 22.2. The number of methoxy groups -OCH3 is 2. The summed E-state index contributed by atoms with van der Waals surface area (Å²) in [6.07, 6.45) is 0.992. The van der Waals surface area contributed by atoms with Gasteiger partial charge >= 0.3 is 0 Å². The van der Waals surface area contributed by atoms with Gasteiger partial charge in [0, 0.05) is 17.5 Å². The lowest BCUT2D eigenvalue weighted by molar-refractivity contribution is -0.934. The Morgan fingerprint density at radius 1 is 1.17 bits per heavy atom. The Bertz CT molecular complexity index is 894. The van der Waals surface area contributed by atoms with E-state index >= 15 is 0 Å². The smallest absolute Gasteiger partial charge is 0.252 e. The molecule has 162 valence electrons. The molecule has 1 unspecified atom stereocenters. The Kier molecular flexibility index (Phi) is 7.03. The SMILES string of the molecule is CC[NH+]1CCc2cc(OC)c(OC)cc2[C@@H]1[C@H](NC(=O)c1ccccc1C)C(C)C. The predicted octanol–water partition coefficient (Wildman–Crippen LogP) is 2.97. The van der Waals surface area contributed by atoms with Gasteiger partial charge in [-0.2, -0.15) is 0 Å². The van der Waals surface area contributed by atoms with Gasteiger partial charge in [0.15, 0.2) is 11.5 Å². The normalized spacial score (nSPS) is 19.2. The van der Waals surface area contributed by atoms with Gasteiger partial charge in [-0.1, -0.05) is 32.0 Å². The molecule has 0 bridgehead atoms. The van der Waals surface area contributed by atoms with Crippen molar-refractivity contribution >= 4 is 5.91 Å². The lowest BCUT2D eigenvalue weighted by Gasteiger charge is -2.40. The van der Waals surface area contributed by atoms with Crippen LogP contribution in [0.3, 0.4) is 0 Å². The van der Waals surface area contributed by atoms with E-state index < -0.39 is 0 Å². The number of likely N-dealkylation sites (N-methyl/N-ethyl adjacent to an activating group) is 1. The molecule has 1 aliphatic rings. The van der Waals surface area contributed by atoms with E-state index in [4.69, 9.17) is 9.47 Å². The highest BCUT2D eigenvalue weighted by molar-refractivity contribution is 5.95. The lowest BCUT2D eigenvalue weighted by atomic mass is 9.83. The van der Waals surface area contributed by atoms with Crippen LogP contribution in [-0.4, -0.2) is 39.3 Å². The zero-order valence-corrected chi connectivity index (χ0v) is 19.0. The molecule has 0 spiro atoms. The summed E-state index contributed by atoms with van der Waals surface area (Å²) < 4.78 is 11.1. The summed E-state index contributed by atoms with van der Waals surface area (Å²) >= 11 is 0. The minimum Gasteiger partial charge on any atom is -0.493 e. The van der Waals surface area contributed by atoms with E-state index in [1.165, 1.54) is 16.0 Å². The number of ether oxygens (including phenoxy) is 2. The number of quaternary nitrogens is 1. The maximum atomic E-state index is 13.2.